The summed E-state index contributed by atoms with van der Waals surface area (Å²) in [7, 11) is -3.61. The number of anilines is 2. The van der Waals surface area contributed by atoms with Crippen LogP contribution in [-0.2, 0) is 19.6 Å². The number of carbonyl (C=O) groups is 2. The van der Waals surface area contributed by atoms with Crippen molar-refractivity contribution < 1.29 is 22.4 Å². The van der Waals surface area contributed by atoms with Crippen molar-refractivity contribution in [2.45, 2.75) is 37.5 Å². The van der Waals surface area contributed by atoms with E-state index in [0.717, 1.165) is 6.42 Å². The molecule has 9 heteroatoms. The summed E-state index contributed by atoms with van der Waals surface area (Å²) in [5.74, 6) is -1.44. The number of amides is 2. The number of hydrogen-bond acceptors (Lipinski definition) is 4. The molecule has 0 spiro atoms. The molecule has 32 heavy (non-hydrogen) atoms. The van der Waals surface area contributed by atoms with E-state index in [1.165, 1.54) is 46.8 Å². The van der Waals surface area contributed by atoms with Gasteiger partial charge < -0.3 is 10.6 Å². The van der Waals surface area contributed by atoms with E-state index in [9.17, 15) is 22.4 Å². The minimum atomic E-state index is -3.61. The van der Waals surface area contributed by atoms with Crippen LogP contribution >= 0.6 is 0 Å². The summed E-state index contributed by atoms with van der Waals surface area (Å²) in [6.45, 7) is 5.09. The van der Waals surface area contributed by atoms with Crippen molar-refractivity contribution in [2.75, 3.05) is 23.7 Å². The number of sulfonamides is 1. The summed E-state index contributed by atoms with van der Waals surface area (Å²) < 4.78 is 41.1. The first-order valence-corrected chi connectivity index (χ1v) is 12.1. The second-order valence-electron chi connectivity index (χ2n) is 8.82. The minimum absolute atomic E-state index is 0.0533. The number of rotatable bonds is 4. The molecular formula is C23H26FN3O4S. The molecule has 1 fully saturated rings. The van der Waals surface area contributed by atoms with E-state index in [2.05, 4.69) is 24.5 Å². The van der Waals surface area contributed by atoms with E-state index in [4.69, 9.17) is 0 Å². The van der Waals surface area contributed by atoms with Crippen LogP contribution in [0.5, 0.6) is 0 Å². The van der Waals surface area contributed by atoms with Gasteiger partial charge in [-0.3, -0.25) is 9.59 Å². The number of halogens is 1. The van der Waals surface area contributed by atoms with E-state index in [-0.39, 0.29) is 22.9 Å². The molecule has 0 saturated carbocycles. The van der Waals surface area contributed by atoms with Crippen molar-refractivity contribution >= 4 is 33.2 Å². The van der Waals surface area contributed by atoms with Gasteiger partial charge in [-0.15, -0.1) is 0 Å². The predicted molar refractivity (Wildman–Crippen MR) is 119 cm³/mol. The first-order chi connectivity index (χ1) is 15.1. The molecule has 1 saturated heterocycles. The van der Waals surface area contributed by atoms with Crippen LogP contribution in [0.25, 0.3) is 0 Å². The molecular weight excluding hydrogens is 433 g/mol. The topological polar surface area (TPSA) is 95.6 Å². The van der Waals surface area contributed by atoms with Gasteiger partial charge in [-0.25, -0.2) is 12.8 Å². The van der Waals surface area contributed by atoms with Crippen molar-refractivity contribution in [1.29, 1.82) is 0 Å². The van der Waals surface area contributed by atoms with E-state index in [0.29, 0.717) is 36.2 Å². The van der Waals surface area contributed by atoms with Crippen molar-refractivity contribution in [2.24, 2.45) is 11.8 Å². The van der Waals surface area contributed by atoms with Crippen LogP contribution in [-0.4, -0.2) is 37.6 Å². The number of piperidine rings is 1. The molecule has 0 radical (unpaired) electrons. The molecule has 0 aromatic heterocycles. The van der Waals surface area contributed by atoms with Gasteiger partial charge in [0.1, 0.15) is 5.82 Å². The lowest BCUT2D eigenvalue weighted by atomic mass is 9.89. The molecule has 0 bridgehead atoms. The summed E-state index contributed by atoms with van der Waals surface area (Å²) in [5, 5.41) is 5.32. The Morgan fingerprint density at radius 2 is 1.75 bits per heavy atom. The predicted octanol–water partition coefficient (Wildman–Crippen LogP) is 3.56. The summed E-state index contributed by atoms with van der Waals surface area (Å²) in [6, 6.07) is 9.96. The number of carbonyl (C=O) groups excluding carboxylic acids is 2. The van der Waals surface area contributed by atoms with Crippen molar-refractivity contribution in [3.63, 3.8) is 0 Å². The fourth-order valence-corrected chi connectivity index (χ4v) is 6.24. The van der Waals surface area contributed by atoms with Crippen LogP contribution in [0.15, 0.2) is 47.4 Å². The molecule has 2 amide bonds. The monoisotopic (exact) mass is 459 g/mol. The van der Waals surface area contributed by atoms with Crippen molar-refractivity contribution in [3.05, 3.63) is 53.8 Å². The standard InChI is InChI=1S/C23H26FN3O4S/c1-14-9-15(2)13-27(12-14)32(30,31)18-6-4-17(5-7-18)25-23(29)20-11-22(28)26-21-10-16(24)3-8-19(20)21/h3-8,10,14-15,20H,9,11-13H2,1-2H3,(H,25,29)(H,26,28). The largest absolute Gasteiger partial charge is 0.326 e. The lowest BCUT2D eigenvalue weighted by Gasteiger charge is -2.34. The number of fused-ring (bicyclic) bond motifs is 1. The first-order valence-electron chi connectivity index (χ1n) is 10.6. The molecule has 2 aliphatic rings. The molecule has 2 aromatic carbocycles. The van der Waals surface area contributed by atoms with Crippen LogP contribution < -0.4 is 10.6 Å². The summed E-state index contributed by atoms with van der Waals surface area (Å²) >= 11 is 0. The average Bonchev–Trinajstić information content (AvgIpc) is 2.72. The Morgan fingerprint density at radius 3 is 2.41 bits per heavy atom. The van der Waals surface area contributed by atoms with Crippen LogP contribution in [0.2, 0.25) is 0 Å². The maximum atomic E-state index is 13.5. The van der Waals surface area contributed by atoms with Crippen LogP contribution in [0.4, 0.5) is 15.8 Å². The summed E-state index contributed by atoms with van der Waals surface area (Å²) in [6.07, 6.45) is 0.953. The minimum Gasteiger partial charge on any atom is -0.326 e. The first kappa shape index (κ1) is 22.4. The van der Waals surface area contributed by atoms with E-state index in [1.54, 1.807) is 0 Å². The Labute approximate surface area is 187 Å². The van der Waals surface area contributed by atoms with Gasteiger partial charge in [0, 0.05) is 30.9 Å². The molecule has 3 atom stereocenters. The normalized spacial score (nSPS) is 23.8. The maximum Gasteiger partial charge on any atom is 0.243 e. The third-order valence-electron chi connectivity index (χ3n) is 5.97. The lowest BCUT2D eigenvalue weighted by molar-refractivity contribution is -0.123. The number of nitrogens with one attached hydrogen (secondary N) is 2. The van der Waals surface area contributed by atoms with Gasteiger partial charge in [0.2, 0.25) is 21.8 Å². The van der Waals surface area contributed by atoms with Crippen LogP contribution in [0.1, 0.15) is 38.2 Å². The Hall–Kier alpha value is -2.78. The Bertz CT molecular complexity index is 1140. The molecule has 7 nitrogen and oxygen atoms in total. The van der Waals surface area contributed by atoms with Crippen molar-refractivity contribution in [1.82, 2.24) is 4.31 Å². The van der Waals surface area contributed by atoms with Gasteiger partial charge in [-0.1, -0.05) is 19.9 Å². The van der Waals surface area contributed by atoms with E-state index < -0.39 is 27.7 Å². The van der Waals surface area contributed by atoms with Crippen molar-refractivity contribution in [3.8, 4) is 0 Å². The van der Waals surface area contributed by atoms with E-state index in [1.807, 2.05) is 0 Å². The van der Waals surface area contributed by atoms with Crippen LogP contribution in [0.3, 0.4) is 0 Å². The molecule has 2 N–H and O–H groups in total. The third-order valence-corrected chi connectivity index (χ3v) is 7.81. The van der Waals surface area contributed by atoms with Gasteiger partial charge in [0.25, 0.3) is 0 Å². The fourth-order valence-electron chi connectivity index (χ4n) is 4.56. The van der Waals surface area contributed by atoms with Gasteiger partial charge in [0.15, 0.2) is 0 Å². The highest BCUT2D eigenvalue weighted by Crippen LogP contribution is 2.34. The van der Waals surface area contributed by atoms with Gasteiger partial charge in [-0.05, 0) is 60.2 Å². The van der Waals surface area contributed by atoms with Gasteiger partial charge in [0.05, 0.1) is 10.8 Å². The van der Waals surface area contributed by atoms with E-state index >= 15 is 0 Å². The quantitative estimate of drug-likeness (QED) is 0.731. The Kier molecular flexibility index (Phi) is 6.05. The maximum absolute atomic E-state index is 13.5. The molecule has 170 valence electrons. The molecule has 2 heterocycles. The Balaban J connectivity index is 1.50. The smallest absolute Gasteiger partial charge is 0.243 e. The highest BCUT2D eigenvalue weighted by Gasteiger charge is 2.33. The molecule has 2 aromatic rings. The highest BCUT2D eigenvalue weighted by atomic mass is 32.2. The molecule has 0 aliphatic carbocycles. The highest BCUT2D eigenvalue weighted by molar-refractivity contribution is 7.89. The summed E-state index contributed by atoms with van der Waals surface area (Å²) in [5.41, 5.74) is 1.24. The van der Waals surface area contributed by atoms with Crippen LogP contribution in [0, 0.1) is 17.7 Å². The zero-order chi connectivity index (χ0) is 23.0. The SMILES string of the molecule is CC1CC(C)CN(S(=O)(=O)c2ccc(NC(=O)C3CC(=O)Nc4cc(F)ccc43)cc2)C1. The number of hydrogen-bond donors (Lipinski definition) is 2. The summed E-state index contributed by atoms with van der Waals surface area (Å²) in [4.78, 5) is 25.0. The molecule has 4 rings (SSSR count). The second-order valence-corrected chi connectivity index (χ2v) is 10.8. The molecule has 2 aliphatic heterocycles. The van der Waals surface area contributed by atoms with Gasteiger partial charge in [-0.2, -0.15) is 4.31 Å². The number of benzene rings is 2. The zero-order valence-corrected chi connectivity index (χ0v) is 18.8. The number of nitrogens with zero attached hydrogens (tertiary/aromatic N) is 1. The average molecular weight is 460 g/mol. The van der Waals surface area contributed by atoms with Gasteiger partial charge >= 0.3 is 0 Å². The second kappa shape index (κ2) is 8.63. The lowest BCUT2D eigenvalue weighted by Crippen LogP contribution is -2.42. The third kappa shape index (κ3) is 4.54. The Morgan fingerprint density at radius 1 is 1.09 bits per heavy atom. The fraction of sp³-hybridized carbons (Fsp3) is 0.391. The zero-order valence-electron chi connectivity index (χ0n) is 18.0. The molecule has 3 unspecified atom stereocenters.